The fourth-order valence-corrected chi connectivity index (χ4v) is 2.18. The second-order valence-electron chi connectivity index (χ2n) is 3.75. The van der Waals surface area contributed by atoms with Crippen molar-refractivity contribution in [1.82, 2.24) is 0 Å². The lowest BCUT2D eigenvalue weighted by Gasteiger charge is -2.14. The topological polar surface area (TPSA) is 18.5 Å². The number of rotatable bonds is 2. The summed E-state index contributed by atoms with van der Waals surface area (Å²) in [6.45, 7) is 3.37. The summed E-state index contributed by atoms with van der Waals surface area (Å²) in [7, 11) is 0. The summed E-state index contributed by atoms with van der Waals surface area (Å²) >= 11 is 12.4. The van der Waals surface area contributed by atoms with Crippen molar-refractivity contribution in [3.8, 4) is 11.5 Å². The highest BCUT2D eigenvalue weighted by molar-refractivity contribution is 6.33. The highest BCUT2D eigenvalue weighted by atomic mass is 35.5. The molecule has 1 aliphatic heterocycles. The van der Waals surface area contributed by atoms with Crippen LogP contribution in [0.3, 0.4) is 0 Å². The highest BCUT2D eigenvalue weighted by Gasteiger charge is 2.17. The first-order valence-corrected chi connectivity index (χ1v) is 6.27. The van der Waals surface area contributed by atoms with Crippen molar-refractivity contribution >= 4 is 23.2 Å². The average Bonchev–Trinajstić information content (AvgIpc) is 2.51. The third-order valence-corrected chi connectivity index (χ3v) is 3.43. The van der Waals surface area contributed by atoms with Gasteiger partial charge in [-0.1, -0.05) is 18.5 Å². The lowest BCUT2D eigenvalue weighted by molar-refractivity contribution is 0.297. The first kappa shape index (κ1) is 11.9. The van der Waals surface area contributed by atoms with Gasteiger partial charge in [0.2, 0.25) is 0 Å². The van der Waals surface area contributed by atoms with Gasteiger partial charge in [0, 0.05) is 17.5 Å². The van der Waals surface area contributed by atoms with Crippen LogP contribution >= 0.6 is 23.2 Å². The van der Waals surface area contributed by atoms with Crippen LogP contribution < -0.4 is 9.47 Å². The monoisotopic (exact) mass is 260 g/mol. The van der Waals surface area contributed by atoms with Gasteiger partial charge in [0.15, 0.2) is 11.5 Å². The molecule has 0 saturated heterocycles. The van der Waals surface area contributed by atoms with Gasteiger partial charge in [0.1, 0.15) is 0 Å². The quantitative estimate of drug-likeness (QED) is 0.743. The Kier molecular flexibility index (Phi) is 3.82. The van der Waals surface area contributed by atoms with Crippen LogP contribution in [0.2, 0.25) is 5.02 Å². The second kappa shape index (κ2) is 5.15. The molecule has 0 N–H and O–H groups in total. The number of halogens is 2. The van der Waals surface area contributed by atoms with Gasteiger partial charge >= 0.3 is 0 Å². The Labute approximate surface area is 105 Å². The van der Waals surface area contributed by atoms with Gasteiger partial charge in [-0.2, -0.15) is 0 Å². The molecule has 0 radical (unpaired) electrons. The molecule has 4 heteroatoms. The highest BCUT2D eigenvalue weighted by Crippen LogP contribution is 2.39. The van der Waals surface area contributed by atoms with Crippen LogP contribution in [0.15, 0.2) is 12.1 Å². The van der Waals surface area contributed by atoms with E-state index in [9.17, 15) is 0 Å². The van der Waals surface area contributed by atoms with Gasteiger partial charge in [-0.3, -0.25) is 0 Å². The molecule has 0 saturated carbocycles. The summed E-state index contributed by atoms with van der Waals surface area (Å²) in [6, 6.07) is 3.69. The van der Waals surface area contributed by atoms with Crippen LogP contribution in [-0.2, 0) is 0 Å². The van der Waals surface area contributed by atoms with Crippen LogP contribution in [0.4, 0.5) is 0 Å². The van der Waals surface area contributed by atoms with E-state index >= 15 is 0 Å². The predicted octanol–water partition coefficient (Wildman–Crippen LogP) is 4.19. The molecule has 88 valence electrons. The van der Waals surface area contributed by atoms with Crippen molar-refractivity contribution in [2.45, 2.75) is 25.1 Å². The van der Waals surface area contributed by atoms with Gasteiger partial charge in [-0.15, -0.1) is 11.6 Å². The molecule has 2 nitrogen and oxygen atoms in total. The summed E-state index contributed by atoms with van der Waals surface area (Å²) in [6.07, 6.45) is 1.72. The molecule has 1 aromatic carbocycles. The average molecular weight is 261 g/mol. The van der Waals surface area contributed by atoms with Crippen LogP contribution in [0.25, 0.3) is 0 Å². The van der Waals surface area contributed by atoms with Crippen LogP contribution in [0.1, 0.15) is 30.7 Å². The number of hydrogen-bond donors (Lipinski definition) is 0. The van der Waals surface area contributed by atoms with E-state index in [0.717, 1.165) is 24.2 Å². The molecule has 1 aliphatic rings. The molecule has 0 fully saturated rings. The zero-order chi connectivity index (χ0) is 11.5. The van der Waals surface area contributed by atoms with E-state index in [1.807, 2.05) is 13.0 Å². The Morgan fingerprint density at radius 2 is 1.88 bits per heavy atom. The lowest BCUT2D eigenvalue weighted by atomic mass is 10.1. The molecular weight excluding hydrogens is 247 g/mol. The standard InChI is InChI=1S/C12H14Cl2O2/c1-2-9(13)8-6-11-12(7-10(8)14)16-5-3-4-15-11/h6-7,9H,2-5H2,1H3. The molecule has 0 bridgehead atoms. The van der Waals surface area contributed by atoms with Gasteiger partial charge < -0.3 is 9.47 Å². The van der Waals surface area contributed by atoms with Crippen molar-refractivity contribution in [2.24, 2.45) is 0 Å². The molecule has 1 atom stereocenters. The van der Waals surface area contributed by atoms with E-state index in [-0.39, 0.29) is 5.38 Å². The zero-order valence-corrected chi connectivity index (χ0v) is 10.6. The predicted molar refractivity (Wildman–Crippen MR) is 65.9 cm³/mol. The van der Waals surface area contributed by atoms with E-state index in [1.165, 1.54) is 0 Å². The van der Waals surface area contributed by atoms with Crippen LogP contribution in [-0.4, -0.2) is 13.2 Å². The van der Waals surface area contributed by atoms with Gasteiger partial charge in [0.05, 0.1) is 18.6 Å². The molecule has 0 aliphatic carbocycles. The summed E-state index contributed by atoms with van der Waals surface area (Å²) in [4.78, 5) is 0. The van der Waals surface area contributed by atoms with Gasteiger partial charge in [-0.25, -0.2) is 0 Å². The number of benzene rings is 1. The number of hydrogen-bond acceptors (Lipinski definition) is 2. The van der Waals surface area contributed by atoms with Crippen molar-refractivity contribution in [3.05, 3.63) is 22.7 Å². The maximum Gasteiger partial charge on any atom is 0.162 e. The van der Waals surface area contributed by atoms with Crippen LogP contribution in [0.5, 0.6) is 11.5 Å². The molecule has 0 amide bonds. The van der Waals surface area contributed by atoms with Crippen molar-refractivity contribution in [1.29, 1.82) is 0 Å². The van der Waals surface area contributed by atoms with Crippen molar-refractivity contribution < 1.29 is 9.47 Å². The largest absolute Gasteiger partial charge is 0.490 e. The minimum atomic E-state index is -0.0790. The van der Waals surface area contributed by atoms with Crippen molar-refractivity contribution in [2.75, 3.05) is 13.2 Å². The van der Waals surface area contributed by atoms with E-state index in [4.69, 9.17) is 32.7 Å². The lowest BCUT2D eigenvalue weighted by Crippen LogP contribution is -1.97. The maximum atomic E-state index is 6.20. The minimum absolute atomic E-state index is 0.0790. The summed E-state index contributed by atoms with van der Waals surface area (Å²) < 4.78 is 11.1. The second-order valence-corrected chi connectivity index (χ2v) is 4.68. The Balaban J connectivity index is 2.38. The molecule has 0 aromatic heterocycles. The Bertz CT molecular complexity index is 380. The number of ether oxygens (including phenoxy) is 2. The third kappa shape index (κ3) is 2.38. The van der Waals surface area contributed by atoms with E-state index in [2.05, 4.69) is 0 Å². The molecular formula is C12H14Cl2O2. The Hall–Kier alpha value is -0.600. The molecule has 1 unspecified atom stereocenters. The minimum Gasteiger partial charge on any atom is -0.490 e. The molecule has 2 rings (SSSR count). The van der Waals surface area contributed by atoms with E-state index in [1.54, 1.807) is 6.07 Å². The summed E-state index contributed by atoms with van der Waals surface area (Å²) in [5.41, 5.74) is 0.912. The van der Waals surface area contributed by atoms with E-state index < -0.39 is 0 Å². The van der Waals surface area contributed by atoms with Gasteiger partial charge in [-0.05, 0) is 18.1 Å². The molecule has 1 heterocycles. The van der Waals surface area contributed by atoms with Gasteiger partial charge in [0.25, 0.3) is 0 Å². The van der Waals surface area contributed by atoms with E-state index in [0.29, 0.717) is 24.0 Å². The fraction of sp³-hybridized carbons (Fsp3) is 0.500. The first-order chi connectivity index (χ1) is 7.72. The smallest absolute Gasteiger partial charge is 0.162 e. The normalized spacial score (nSPS) is 16.7. The third-order valence-electron chi connectivity index (χ3n) is 2.56. The maximum absolute atomic E-state index is 6.20. The molecule has 0 spiro atoms. The van der Waals surface area contributed by atoms with Crippen LogP contribution in [0, 0.1) is 0 Å². The van der Waals surface area contributed by atoms with Crippen molar-refractivity contribution in [3.63, 3.8) is 0 Å². The summed E-state index contributed by atoms with van der Waals surface area (Å²) in [5, 5.41) is 0.566. The molecule has 16 heavy (non-hydrogen) atoms. The summed E-state index contributed by atoms with van der Waals surface area (Å²) in [5.74, 6) is 1.46. The first-order valence-electron chi connectivity index (χ1n) is 5.45. The SMILES string of the molecule is CCC(Cl)c1cc2c(cc1Cl)OCCCO2. The Morgan fingerprint density at radius 3 is 2.50 bits per heavy atom. The Morgan fingerprint density at radius 1 is 1.25 bits per heavy atom. The number of fused-ring (bicyclic) bond motifs is 1. The fourth-order valence-electron chi connectivity index (χ4n) is 1.66. The molecule has 1 aromatic rings. The number of alkyl halides is 1. The zero-order valence-electron chi connectivity index (χ0n) is 9.13.